The molecule has 0 spiro atoms. The second kappa shape index (κ2) is 5.07. The van der Waals surface area contributed by atoms with E-state index in [-0.39, 0.29) is 22.0 Å². The molecule has 21 heavy (non-hydrogen) atoms. The van der Waals surface area contributed by atoms with Gasteiger partial charge in [0.15, 0.2) is 0 Å². The molecule has 1 N–H and O–H groups in total. The minimum Gasteiger partial charge on any atom is -0.274 e. The third-order valence-electron chi connectivity index (χ3n) is 2.93. The zero-order chi connectivity index (χ0) is 15.9. The number of alkyl halides is 3. The first-order valence-electron chi connectivity index (χ1n) is 5.82. The maximum Gasteiger partial charge on any atom is 0.416 e. The highest BCUT2D eigenvalue weighted by atomic mass is 35.5. The molecule has 0 aliphatic heterocycles. The summed E-state index contributed by atoms with van der Waals surface area (Å²) in [4.78, 5) is 25.1. The van der Waals surface area contributed by atoms with Crippen LogP contribution in [0.15, 0.2) is 27.8 Å². The summed E-state index contributed by atoms with van der Waals surface area (Å²) in [6.45, 7) is 2.90. The van der Waals surface area contributed by atoms with Gasteiger partial charge in [-0.25, -0.2) is 4.79 Å². The number of aryl methyl sites for hydroxylation is 2. The molecule has 4 nitrogen and oxygen atoms in total. The van der Waals surface area contributed by atoms with Crippen LogP contribution in [0.3, 0.4) is 0 Å². The van der Waals surface area contributed by atoms with Crippen LogP contribution in [-0.4, -0.2) is 9.55 Å². The van der Waals surface area contributed by atoms with Crippen LogP contribution in [0.2, 0.25) is 5.02 Å². The molecular formula is C13H10ClF3N2O2. The Morgan fingerprint density at radius 3 is 2.24 bits per heavy atom. The topological polar surface area (TPSA) is 54.9 Å². The SMILES string of the molecule is Cc1cc(C(F)(F)F)cc(Cl)c1-n1c(C)cc(=O)[nH]c1=O. The minimum atomic E-state index is -4.53. The van der Waals surface area contributed by atoms with Crippen LogP contribution >= 0.6 is 11.6 Å². The predicted molar refractivity (Wildman–Crippen MR) is 72.1 cm³/mol. The smallest absolute Gasteiger partial charge is 0.274 e. The van der Waals surface area contributed by atoms with Crippen molar-refractivity contribution in [2.75, 3.05) is 0 Å². The summed E-state index contributed by atoms with van der Waals surface area (Å²) >= 11 is 5.91. The van der Waals surface area contributed by atoms with Crippen LogP contribution in [0.5, 0.6) is 0 Å². The number of halogens is 4. The molecule has 0 amide bonds. The predicted octanol–water partition coefficient (Wildman–Crippen LogP) is 2.81. The fourth-order valence-electron chi connectivity index (χ4n) is 2.07. The number of nitrogens with zero attached hydrogens (tertiary/aromatic N) is 1. The second-order valence-corrected chi connectivity index (χ2v) is 4.94. The van der Waals surface area contributed by atoms with E-state index >= 15 is 0 Å². The fraction of sp³-hybridized carbons (Fsp3) is 0.231. The minimum absolute atomic E-state index is 0.114. The van der Waals surface area contributed by atoms with Gasteiger partial charge in [0.1, 0.15) is 0 Å². The average molecular weight is 319 g/mol. The van der Waals surface area contributed by atoms with Gasteiger partial charge in [-0.15, -0.1) is 0 Å². The molecule has 0 unspecified atom stereocenters. The molecule has 2 rings (SSSR count). The molecule has 0 fully saturated rings. The summed E-state index contributed by atoms with van der Waals surface area (Å²) in [7, 11) is 0. The van der Waals surface area contributed by atoms with Gasteiger partial charge in [0.05, 0.1) is 16.3 Å². The maximum atomic E-state index is 12.7. The first-order chi connectivity index (χ1) is 9.61. The summed E-state index contributed by atoms with van der Waals surface area (Å²) < 4.78 is 39.2. The van der Waals surface area contributed by atoms with E-state index in [2.05, 4.69) is 0 Å². The molecular weight excluding hydrogens is 309 g/mol. The normalized spacial score (nSPS) is 11.7. The number of hydrogen-bond donors (Lipinski definition) is 1. The van der Waals surface area contributed by atoms with Gasteiger partial charge in [-0.2, -0.15) is 13.2 Å². The maximum absolute atomic E-state index is 12.7. The summed E-state index contributed by atoms with van der Waals surface area (Å²) in [6, 6.07) is 2.81. The summed E-state index contributed by atoms with van der Waals surface area (Å²) in [5, 5.41) is -0.223. The van der Waals surface area contributed by atoms with Gasteiger partial charge in [0.2, 0.25) is 0 Å². The summed E-state index contributed by atoms with van der Waals surface area (Å²) in [5.41, 5.74) is -1.69. The fourth-order valence-corrected chi connectivity index (χ4v) is 2.42. The number of aromatic amines is 1. The molecule has 1 heterocycles. The van der Waals surface area contributed by atoms with E-state index in [0.29, 0.717) is 0 Å². The van der Waals surface area contributed by atoms with Gasteiger partial charge < -0.3 is 0 Å². The lowest BCUT2D eigenvalue weighted by Crippen LogP contribution is -2.30. The number of H-pyrrole nitrogens is 1. The molecule has 8 heteroatoms. The van der Waals surface area contributed by atoms with E-state index in [1.54, 1.807) is 0 Å². The van der Waals surface area contributed by atoms with Gasteiger partial charge in [-0.3, -0.25) is 14.3 Å². The quantitative estimate of drug-likeness (QED) is 0.879. The van der Waals surface area contributed by atoms with E-state index in [9.17, 15) is 22.8 Å². The van der Waals surface area contributed by atoms with Crippen LogP contribution < -0.4 is 11.2 Å². The Labute approximate surface area is 121 Å². The lowest BCUT2D eigenvalue weighted by atomic mass is 10.1. The van der Waals surface area contributed by atoms with Gasteiger partial charge in [0, 0.05) is 11.8 Å². The zero-order valence-corrected chi connectivity index (χ0v) is 11.8. The molecule has 0 saturated heterocycles. The van der Waals surface area contributed by atoms with Gasteiger partial charge in [-0.05, 0) is 31.5 Å². The van der Waals surface area contributed by atoms with Crippen molar-refractivity contribution < 1.29 is 13.2 Å². The third kappa shape index (κ3) is 2.87. The lowest BCUT2D eigenvalue weighted by Gasteiger charge is -2.16. The molecule has 1 aromatic carbocycles. The van der Waals surface area contributed by atoms with Crippen molar-refractivity contribution in [2.45, 2.75) is 20.0 Å². The molecule has 0 saturated carbocycles. The standard InChI is InChI=1S/C13H10ClF3N2O2/c1-6-3-8(13(15,16)17)5-9(14)11(6)19-7(2)4-10(20)18-12(19)21/h3-5H,1-2H3,(H,18,20,21). The Bertz CT molecular complexity index is 798. The Morgan fingerprint density at radius 2 is 1.76 bits per heavy atom. The van der Waals surface area contributed by atoms with Crippen molar-refractivity contribution in [3.63, 3.8) is 0 Å². The third-order valence-corrected chi connectivity index (χ3v) is 3.22. The van der Waals surface area contributed by atoms with Crippen molar-refractivity contribution in [2.24, 2.45) is 0 Å². The highest BCUT2D eigenvalue weighted by Crippen LogP contribution is 2.35. The molecule has 0 atom stereocenters. The average Bonchev–Trinajstić information content (AvgIpc) is 2.29. The second-order valence-electron chi connectivity index (χ2n) is 4.54. The largest absolute Gasteiger partial charge is 0.416 e. The Hall–Kier alpha value is -2.02. The van der Waals surface area contributed by atoms with Crippen molar-refractivity contribution >= 4 is 11.6 Å². The molecule has 2 aromatic rings. The van der Waals surface area contributed by atoms with E-state index in [1.807, 2.05) is 4.98 Å². The number of nitrogens with one attached hydrogen (secondary N) is 1. The lowest BCUT2D eigenvalue weighted by molar-refractivity contribution is -0.137. The zero-order valence-electron chi connectivity index (χ0n) is 11.0. The van der Waals surface area contributed by atoms with Crippen molar-refractivity contribution in [3.05, 3.63) is 60.9 Å². The monoisotopic (exact) mass is 318 g/mol. The van der Waals surface area contributed by atoms with Crippen LogP contribution in [0, 0.1) is 13.8 Å². The van der Waals surface area contributed by atoms with Crippen molar-refractivity contribution in [1.29, 1.82) is 0 Å². The van der Waals surface area contributed by atoms with Crippen molar-refractivity contribution in [1.82, 2.24) is 9.55 Å². The summed E-state index contributed by atoms with van der Waals surface area (Å²) in [6.07, 6.45) is -4.53. The first kappa shape index (κ1) is 15.4. The van der Waals surface area contributed by atoms with E-state index in [4.69, 9.17) is 11.6 Å². The Morgan fingerprint density at radius 1 is 1.14 bits per heavy atom. The van der Waals surface area contributed by atoms with Gasteiger partial charge in [0.25, 0.3) is 5.56 Å². The number of aromatic nitrogens is 2. The van der Waals surface area contributed by atoms with Crippen LogP contribution in [-0.2, 0) is 6.18 Å². The Balaban J connectivity index is 2.78. The first-order valence-corrected chi connectivity index (χ1v) is 6.20. The molecule has 0 radical (unpaired) electrons. The number of benzene rings is 1. The van der Waals surface area contributed by atoms with Gasteiger partial charge in [-0.1, -0.05) is 11.6 Å². The molecule has 0 aliphatic rings. The molecule has 0 bridgehead atoms. The molecule has 0 aliphatic carbocycles. The Kier molecular flexibility index (Phi) is 3.71. The molecule has 1 aromatic heterocycles. The van der Waals surface area contributed by atoms with E-state index in [1.165, 1.54) is 13.8 Å². The molecule has 112 valence electrons. The van der Waals surface area contributed by atoms with Crippen LogP contribution in [0.25, 0.3) is 5.69 Å². The highest BCUT2D eigenvalue weighted by Gasteiger charge is 2.32. The van der Waals surface area contributed by atoms with Gasteiger partial charge >= 0.3 is 11.9 Å². The highest BCUT2D eigenvalue weighted by molar-refractivity contribution is 6.32. The van der Waals surface area contributed by atoms with E-state index in [0.717, 1.165) is 22.8 Å². The number of rotatable bonds is 1. The van der Waals surface area contributed by atoms with Crippen molar-refractivity contribution in [3.8, 4) is 5.69 Å². The van der Waals surface area contributed by atoms with Crippen LogP contribution in [0.1, 0.15) is 16.8 Å². The van der Waals surface area contributed by atoms with Crippen LogP contribution in [0.4, 0.5) is 13.2 Å². The van der Waals surface area contributed by atoms with E-state index < -0.39 is 23.0 Å². The summed E-state index contributed by atoms with van der Waals surface area (Å²) in [5.74, 6) is 0. The number of hydrogen-bond acceptors (Lipinski definition) is 2.